The summed E-state index contributed by atoms with van der Waals surface area (Å²) in [7, 11) is 0. The molecule has 1 aromatic heterocycles. The Kier molecular flexibility index (Phi) is 3.55. The average molecular weight is 260 g/mol. The van der Waals surface area contributed by atoms with Crippen LogP contribution in [-0.4, -0.2) is 21.5 Å². The smallest absolute Gasteiger partial charge is 0.123 e. The Hall–Kier alpha value is -1.75. The van der Waals surface area contributed by atoms with Gasteiger partial charge in [0, 0.05) is 6.54 Å². The van der Waals surface area contributed by atoms with Crippen molar-refractivity contribution in [1.29, 1.82) is 0 Å². The molecule has 0 amide bonds. The number of aromatic nitrogens is 3. The molecule has 2 aromatic rings. The minimum absolute atomic E-state index is 0.219. The van der Waals surface area contributed by atoms with E-state index in [1.54, 1.807) is 10.7 Å². The third-order valence-electron chi connectivity index (χ3n) is 3.26. The molecule has 1 aromatic carbocycles. The van der Waals surface area contributed by atoms with Gasteiger partial charge in [-0.3, -0.25) is 0 Å². The summed E-state index contributed by atoms with van der Waals surface area (Å²) >= 11 is 0. The quantitative estimate of drug-likeness (QED) is 0.863. The molecule has 0 saturated heterocycles. The van der Waals surface area contributed by atoms with Crippen molar-refractivity contribution in [3.05, 3.63) is 47.5 Å². The molecule has 19 heavy (non-hydrogen) atoms. The molecule has 1 heterocycles. The summed E-state index contributed by atoms with van der Waals surface area (Å²) in [6.45, 7) is 2.36. The van der Waals surface area contributed by atoms with Crippen molar-refractivity contribution in [3.8, 4) is 0 Å². The number of halogens is 1. The second kappa shape index (κ2) is 5.48. The predicted octanol–water partition coefficient (Wildman–Crippen LogP) is 1.97. The summed E-state index contributed by atoms with van der Waals surface area (Å²) in [5.41, 5.74) is 1.82. The van der Waals surface area contributed by atoms with E-state index in [-0.39, 0.29) is 5.82 Å². The van der Waals surface area contributed by atoms with E-state index in [1.165, 1.54) is 25.0 Å². The molecule has 100 valence electrons. The molecule has 0 radical (unpaired) electrons. The van der Waals surface area contributed by atoms with Gasteiger partial charge in [0.25, 0.3) is 0 Å². The fourth-order valence-electron chi connectivity index (χ4n) is 2.05. The van der Waals surface area contributed by atoms with Crippen molar-refractivity contribution in [2.75, 3.05) is 6.54 Å². The lowest BCUT2D eigenvalue weighted by Gasteiger charge is -2.01. The van der Waals surface area contributed by atoms with E-state index in [4.69, 9.17) is 0 Å². The van der Waals surface area contributed by atoms with Gasteiger partial charge < -0.3 is 5.32 Å². The Morgan fingerprint density at radius 1 is 1.37 bits per heavy atom. The monoisotopic (exact) mass is 260 g/mol. The van der Waals surface area contributed by atoms with Crippen molar-refractivity contribution in [1.82, 2.24) is 20.3 Å². The highest BCUT2D eigenvalue weighted by Crippen LogP contribution is 2.27. The van der Waals surface area contributed by atoms with Crippen LogP contribution in [0.4, 0.5) is 4.39 Å². The first-order valence-electron chi connectivity index (χ1n) is 6.64. The van der Waals surface area contributed by atoms with Crippen LogP contribution in [0.3, 0.4) is 0 Å². The Bertz CT molecular complexity index is 548. The van der Waals surface area contributed by atoms with Gasteiger partial charge in [-0.15, -0.1) is 5.10 Å². The van der Waals surface area contributed by atoms with Crippen LogP contribution in [0.25, 0.3) is 0 Å². The number of nitrogens with one attached hydrogen (secondary N) is 1. The Balaban J connectivity index is 1.54. The SMILES string of the molecule is Fc1cccc(Cn2cc(CNCC3CC3)nn2)c1. The molecule has 0 aliphatic heterocycles. The topological polar surface area (TPSA) is 42.7 Å². The van der Waals surface area contributed by atoms with E-state index in [1.807, 2.05) is 12.3 Å². The zero-order valence-electron chi connectivity index (χ0n) is 10.7. The number of benzene rings is 1. The van der Waals surface area contributed by atoms with Crippen molar-refractivity contribution in [3.63, 3.8) is 0 Å². The van der Waals surface area contributed by atoms with Gasteiger partial charge in [0.1, 0.15) is 5.82 Å². The van der Waals surface area contributed by atoms with Gasteiger partial charge in [-0.2, -0.15) is 0 Å². The molecule has 1 aliphatic rings. The molecule has 1 N–H and O–H groups in total. The molecular formula is C14H17FN4. The lowest BCUT2D eigenvalue weighted by molar-refractivity contribution is 0.613. The highest BCUT2D eigenvalue weighted by molar-refractivity contribution is 5.16. The second-order valence-electron chi connectivity index (χ2n) is 5.11. The molecule has 0 spiro atoms. The van der Waals surface area contributed by atoms with Crippen LogP contribution in [-0.2, 0) is 13.1 Å². The van der Waals surface area contributed by atoms with Crippen LogP contribution >= 0.6 is 0 Å². The third-order valence-corrected chi connectivity index (χ3v) is 3.26. The second-order valence-corrected chi connectivity index (χ2v) is 5.11. The molecule has 0 atom stereocenters. The number of hydrogen-bond acceptors (Lipinski definition) is 3. The number of rotatable bonds is 6. The molecule has 1 saturated carbocycles. The molecule has 3 rings (SSSR count). The lowest BCUT2D eigenvalue weighted by atomic mass is 10.2. The number of hydrogen-bond donors (Lipinski definition) is 1. The van der Waals surface area contributed by atoms with Crippen LogP contribution < -0.4 is 5.32 Å². The van der Waals surface area contributed by atoms with Crippen LogP contribution in [0, 0.1) is 11.7 Å². The average Bonchev–Trinajstić information content (AvgIpc) is 3.10. The first-order chi connectivity index (χ1) is 9.29. The normalized spacial score (nSPS) is 14.8. The van der Waals surface area contributed by atoms with Gasteiger partial charge in [0.05, 0.1) is 18.4 Å². The van der Waals surface area contributed by atoms with Crippen molar-refractivity contribution in [2.24, 2.45) is 5.92 Å². The summed E-state index contributed by atoms with van der Waals surface area (Å²) in [4.78, 5) is 0. The molecule has 4 nitrogen and oxygen atoms in total. The Labute approximate surface area is 111 Å². The van der Waals surface area contributed by atoms with E-state index >= 15 is 0 Å². The van der Waals surface area contributed by atoms with E-state index < -0.39 is 0 Å². The summed E-state index contributed by atoms with van der Waals surface area (Å²) in [5.74, 6) is 0.645. The minimum atomic E-state index is -0.219. The van der Waals surface area contributed by atoms with Gasteiger partial charge in [0.2, 0.25) is 0 Å². The molecule has 1 aliphatic carbocycles. The van der Waals surface area contributed by atoms with Crippen LogP contribution in [0.2, 0.25) is 0 Å². The molecule has 1 fully saturated rings. The first-order valence-corrected chi connectivity index (χ1v) is 6.64. The fourth-order valence-corrected chi connectivity index (χ4v) is 2.05. The van der Waals surface area contributed by atoms with E-state index in [2.05, 4.69) is 15.6 Å². The Morgan fingerprint density at radius 2 is 2.26 bits per heavy atom. The largest absolute Gasteiger partial charge is 0.311 e. The highest BCUT2D eigenvalue weighted by Gasteiger charge is 2.20. The van der Waals surface area contributed by atoms with Crippen molar-refractivity contribution < 1.29 is 4.39 Å². The van der Waals surface area contributed by atoms with E-state index in [9.17, 15) is 4.39 Å². The van der Waals surface area contributed by atoms with Crippen LogP contribution in [0.15, 0.2) is 30.5 Å². The molecule has 5 heteroatoms. The maximum Gasteiger partial charge on any atom is 0.123 e. The first kappa shape index (κ1) is 12.3. The summed E-state index contributed by atoms with van der Waals surface area (Å²) in [6.07, 6.45) is 4.60. The summed E-state index contributed by atoms with van der Waals surface area (Å²) in [5, 5.41) is 11.5. The molecular weight excluding hydrogens is 243 g/mol. The van der Waals surface area contributed by atoms with Crippen molar-refractivity contribution in [2.45, 2.75) is 25.9 Å². The Morgan fingerprint density at radius 3 is 3.05 bits per heavy atom. The molecule has 0 unspecified atom stereocenters. The van der Waals surface area contributed by atoms with Crippen LogP contribution in [0.1, 0.15) is 24.1 Å². The van der Waals surface area contributed by atoms with Gasteiger partial charge in [0.15, 0.2) is 0 Å². The summed E-state index contributed by atoms with van der Waals surface area (Å²) in [6, 6.07) is 6.56. The predicted molar refractivity (Wildman–Crippen MR) is 70.0 cm³/mol. The molecule has 0 bridgehead atoms. The summed E-state index contributed by atoms with van der Waals surface area (Å²) < 4.78 is 14.8. The van der Waals surface area contributed by atoms with Crippen LogP contribution in [0.5, 0.6) is 0 Å². The van der Waals surface area contributed by atoms with Gasteiger partial charge in [-0.05, 0) is 43.0 Å². The fraction of sp³-hybridized carbons (Fsp3) is 0.429. The minimum Gasteiger partial charge on any atom is -0.311 e. The zero-order valence-corrected chi connectivity index (χ0v) is 10.7. The van der Waals surface area contributed by atoms with E-state index in [0.717, 1.165) is 30.3 Å². The highest BCUT2D eigenvalue weighted by atomic mass is 19.1. The zero-order chi connectivity index (χ0) is 13.1. The third kappa shape index (κ3) is 3.61. The van der Waals surface area contributed by atoms with Crippen molar-refractivity contribution >= 4 is 0 Å². The van der Waals surface area contributed by atoms with Gasteiger partial charge in [-0.1, -0.05) is 17.3 Å². The van der Waals surface area contributed by atoms with Gasteiger partial charge in [-0.25, -0.2) is 9.07 Å². The maximum atomic E-state index is 13.1. The van der Waals surface area contributed by atoms with Gasteiger partial charge >= 0.3 is 0 Å². The number of nitrogens with zero attached hydrogens (tertiary/aromatic N) is 3. The lowest BCUT2D eigenvalue weighted by Crippen LogP contribution is -2.16. The standard InChI is InChI=1S/C14H17FN4/c15-13-3-1-2-12(6-13)9-19-10-14(17-18-19)8-16-7-11-4-5-11/h1-3,6,10-11,16H,4-5,7-9H2. The van der Waals surface area contributed by atoms with E-state index in [0.29, 0.717) is 6.54 Å². The maximum absolute atomic E-state index is 13.1.